The van der Waals surface area contributed by atoms with E-state index in [-0.39, 0.29) is 6.10 Å². The lowest BCUT2D eigenvalue weighted by atomic mass is 10.2. The highest BCUT2D eigenvalue weighted by Gasteiger charge is 2.20. The van der Waals surface area contributed by atoms with Gasteiger partial charge in [-0.1, -0.05) is 0 Å². The number of anilines is 1. The van der Waals surface area contributed by atoms with Crippen LogP contribution in [0.3, 0.4) is 0 Å². The molecule has 0 aliphatic carbocycles. The molecule has 1 aliphatic heterocycles. The lowest BCUT2D eigenvalue weighted by Crippen LogP contribution is -2.21. The number of esters is 1. The zero-order valence-corrected chi connectivity index (χ0v) is 9.73. The van der Waals surface area contributed by atoms with Crippen molar-refractivity contribution in [2.24, 2.45) is 0 Å². The van der Waals surface area contributed by atoms with Crippen molar-refractivity contribution in [3.05, 3.63) is 23.8 Å². The summed E-state index contributed by atoms with van der Waals surface area (Å²) in [6.45, 7) is 1.72. The van der Waals surface area contributed by atoms with Crippen molar-refractivity contribution in [2.75, 3.05) is 25.9 Å². The van der Waals surface area contributed by atoms with Gasteiger partial charge in [-0.3, -0.25) is 0 Å². The quantitative estimate of drug-likeness (QED) is 0.599. The Hall–Kier alpha value is -1.75. The van der Waals surface area contributed by atoms with Crippen molar-refractivity contribution in [3.63, 3.8) is 0 Å². The van der Waals surface area contributed by atoms with Crippen LogP contribution in [0.5, 0.6) is 5.75 Å². The minimum atomic E-state index is -0.411. The molecule has 1 aromatic rings. The molecular weight excluding hydrogens is 220 g/mol. The van der Waals surface area contributed by atoms with Crippen molar-refractivity contribution in [1.29, 1.82) is 0 Å². The van der Waals surface area contributed by atoms with Crippen LogP contribution in [0.2, 0.25) is 0 Å². The summed E-state index contributed by atoms with van der Waals surface area (Å²) in [5, 5.41) is 3.20. The summed E-state index contributed by atoms with van der Waals surface area (Å²) < 4.78 is 10.5. The van der Waals surface area contributed by atoms with E-state index in [4.69, 9.17) is 15.2 Å². The van der Waals surface area contributed by atoms with Crippen molar-refractivity contribution in [2.45, 2.75) is 12.5 Å². The molecule has 1 saturated heterocycles. The van der Waals surface area contributed by atoms with Gasteiger partial charge in [0.2, 0.25) is 0 Å². The van der Waals surface area contributed by atoms with Gasteiger partial charge in [0.05, 0.1) is 7.11 Å². The molecule has 17 heavy (non-hydrogen) atoms. The number of hydrogen-bond acceptors (Lipinski definition) is 5. The molecule has 0 bridgehead atoms. The summed E-state index contributed by atoms with van der Waals surface area (Å²) in [5.41, 5.74) is 6.67. The van der Waals surface area contributed by atoms with Crippen LogP contribution in [0.1, 0.15) is 16.8 Å². The Bertz CT molecular complexity index is 414. The standard InChI is InChI=1S/C12H16N2O3/c1-16-12(15)10-3-2-8(13)6-11(10)17-9-4-5-14-7-9/h2-3,6,9,14H,4-5,7,13H2,1H3. The highest BCUT2D eigenvalue weighted by molar-refractivity contribution is 5.93. The number of hydrogen-bond donors (Lipinski definition) is 2. The molecule has 1 aliphatic rings. The van der Waals surface area contributed by atoms with Crippen molar-refractivity contribution < 1.29 is 14.3 Å². The topological polar surface area (TPSA) is 73.6 Å². The van der Waals surface area contributed by atoms with Gasteiger partial charge in [0.15, 0.2) is 0 Å². The van der Waals surface area contributed by atoms with Crippen LogP contribution in [-0.2, 0) is 4.74 Å². The summed E-state index contributed by atoms with van der Waals surface area (Å²) in [4.78, 5) is 11.6. The fourth-order valence-electron chi connectivity index (χ4n) is 1.82. The first-order valence-electron chi connectivity index (χ1n) is 5.56. The van der Waals surface area contributed by atoms with Gasteiger partial charge in [0.1, 0.15) is 17.4 Å². The highest BCUT2D eigenvalue weighted by Crippen LogP contribution is 2.24. The Morgan fingerprint density at radius 2 is 2.35 bits per heavy atom. The molecule has 0 aromatic heterocycles. The second-order valence-corrected chi connectivity index (χ2v) is 3.98. The van der Waals surface area contributed by atoms with Crippen LogP contribution >= 0.6 is 0 Å². The van der Waals surface area contributed by atoms with E-state index in [2.05, 4.69) is 5.32 Å². The second-order valence-electron chi connectivity index (χ2n) is 3.98. The predicted octanol–water partition coefficient (Wildman–Crippen LogP) is 0.796. The van der Waals surface area contributed by atoms with E-state index in [9.17, 15) is 4.79 Å². The first-order valence-corrected chi connectivity index (χ1v) is 5.56. The van der Waals surface area contributed by atoms with Gasteiger partial charge in [-0.15, -0.1) is 0 Å². The normalized spacial score (nSPS) is 19.0. The van der Waals surface area contributed by atoms with Gasteiger partial charge in [0, 0.05) is 18.3 Å². The lowest BCUT2D eigenvalue weighted by molar-refractivity contribution is 0.0594. The number of nitrogens with two attached hydrogens (primary N) is 1. The number of benzene rings is 1. The van der Waals surface area contributed by atoms with Gasteiger partial charge in [-0.25, -0.2) is 4.79 Å². The van der Waals surface area contributed by atoms with Crippen molar-refractivity contribution >= 4 is 11.7 Å². The van der Waals surface area contributed by atoms with Crippen LogP contribution in [0.25, 0.3) is 0 Å². The zero-order valence-electron chi connectivity index (χ0n) is 9.73. The number of rotatable bonds is 3. The maximum Gasteiger partial charge on any atom is 0.341 e. The van der Waals surface area contributed by atoms with Crippen LogP contribution in [-0.4, -0.2) is 32.3 Å². The minimum Gasteiger partial charge on any atom is -0.488 e. The van der Waals surface area contributed by atoms with Gasteiger partial charge >= 0.3 is 5.97 Å². The van der Waals surface area contributed by atoms with Crippen molar-refractivity contribution in [1.82, 2.24) is 5.32 Å². The van der Waals surface area contributed by atoms with Crippen molar-refractivity contribution in [3.8, 4) is 5.75 Å². The van der Waals surface area contributed by atoms with Gasteiger partial charge in [0.25, 0.3) is 0 Å². The summed E-state index contributed by atoms with van der Waals surface area (Å²) >= 11 is 0. The van der Waals surface area contributed by atoms with E-state index in [0.29, 0.717) is 17.0 Å². The third kappa shape index (κ3) is 2.68. The molecule has 0 radical (unpaired) electrons. The van der Waals surface area contributed by atoms with E-state index in [1.165, 1.54) is 7.11 Å². The number of carbonyl (C=O) groups excluding carboxylic acids is 1. The van der Waals surface area contributed by atoms with Crippen LogP contribution in [0.4, 0.5) is 5.69 Å². The number of methoxy groups -OCH3 is 1. The van der Waals surface area contributed by atoms with E-state index < -0.39 is 5.97 Å². The SMILES string of the molecule is COC(=O)c1ccc(N)cc1OC1CCNC1. The highest BCUT2D eigenvalue weighted by atomic mass is 16.5. The molecule has 3 N–H and O–H groups in total. The first kappa shape index (κ1) is 11.7. The fraction of sp³-hybridized carbons (Fsp3) is 0.417. The number of ether oxygens (including phenoxy) is 2. The molecule has 0 amide bonds. The molecule has 5 nitrogen and oxygen atoms in total. The lowest BCUT2D eigenvalue weighted by Gasteiger charge is -2.15. The van der Waals surface area contributed by atoms with Crippen LogP contribution in [0.15, 0.2) is 18.2 Å². The van der Waals surface area contributed by atoms with Crippen LogP contribution < -0.4 is 15.8 Å². The Kier molecular flexibility index (Phi) is 3.49. The molecule has 5 heteroatoms. The summed E-state index contributed by atoms with van der Waals surface area (Å²) in [5.74, 6) is 0.0801. The summed E-state index contributed by atoms with van der Waals surface area (Å²) in [6, 6.07) is 4.94. The molecule has 0 spiro atoms. The van der Waals surface area contributed by atoms with E-state index in [1.807, 2.05) is 0 Å². The fourth-order valence-corrected chi connectivity index (χ4v) is 1.82. The Morgan fingerprint density at radius 1 is 1.53 bits per heavy atom. The monoisotopic (exact) mass is 236 g/mol. The Labute approximate surface area is 99.9 Å². The van der Waals surface area contributed by atoms with E-state index in [0.717, 1.165) is 19.5 Å². The van der Waals surface area contributed by atoms with E-state index in [1.54, 1.807) is 18.2 Å². The van der Waals surface area contributed by atoms with E-state index >= 15 is 0 Å². The molecule has 2 rings (SSSR count). The third-order valence-corrected chi connectivity index (χ3v) is 2.72. The Morgan fingerprint density at radius 3 is 3.00 bits per heavy atom. The smallest absolute Gasteiger partial charge is 0.341 e. The molecule has 0 saturated carbocycles. The third-order valence-electron chi connectivity index (χ3n) is 2.72. The molecule has 1 fully saturated rings. The summed E-state index contributed by atoms with van der Waals surface area (Å²) in [7, 11) is 1.35. The minimum absolute atomic E-state index is 0.0835. The Balaban J connectivity index is 2.22. The van der Waals surface area contributed by atoms with Gasteiger partial charge in [-0.2, -0.15) is 0 Å². The molecule has 1 atom stereocenters. The molecular formula is C12H16N2O3. The molecule has 1 unspecified atom stereocenters. The molecule has 1 heterocycles. The second kappa shape index (κ2) is 5.05. The number of nitrogen functional groups attached to an aromatic ring is 1. The maximum absolute atomic E-state index is 11.6. The van der Waals surface area contributed by atoms with Crippen LogP contribution in [0, 0.1) is 0 Å². The largest absolute Gasteiger partial charge is 0.488 e. The first-order chi connectivity index (χ1) is 8.20. The van der Waals surface area contributed by atoms with Gasteiger partial charge in [-0.05, 0) is 25.1 Å². The predicted molar refractivity (Wildman–Crippen MR) is 64.1 cm³/mol. The maximum atomic E-state index is 11.6. The molecule has 1 aromatic carbocycles. The molecule has 92 valence electrons. The average Bonchev–Trinajstić information content (AvgIpc) is 2.81. The summed E-state index contributed by atoms with van der Waals surface area (Å²) in [6.07, 6.45) is 1.01. The number of nitrogens with one attached hydrogen (secondary N) is 1. The average molecular weight is 236 g/mol. The van der Waals surface area contributed by atoms with Gasteiger partial charge < -0.3 is 20.5 Å². The zero-order chi connectivity index (χ0) is 12.3. The number of carbonyl (C=O) groups is 1.